The normalized spacial score (nSPS) is 18.1. The summed E-state index contributed by atoms with van der Waals surface area (Å²) < 4.78 is 0. The van der Waals surface area contributed by atoms with Crippen LogP contribution in [0.4, 0.5) is 0 Å². The molecule has 0 unspecified atom stereocenters. The van der Waals surface area contributed by atoms with E-state index in [4.69, 9.17) is 0 Å². The van der Waals surface area contributed by atoms with Gasteiger partial charge in [0.25, 0.3) is 0 Å². The molecule has 1 aromatic rings. The van der Waals surface area contributed by atoms with Gasteiger partial charge in [-0.05, 0) is 13.3 Å². The molecule has 1 fully saturated rings. The zero-order valence-corrected chi connectivity index (χ0v) is 14.3. The molecule has 2 heterocycles. The van der Waals surface area contributed by atoms with E-state index in [0.29, 0.717) is 32.7 Å². The molecule has 0 saturated carbocycles. The van der Waals surface area contributed by atoms with Gasteiger partial charge in [-0.25, -0.2) is 4.98 Å². The Hall–Kier alpha value is -1.47. The maximum Gasteiger partial charge on any atom is 0.236 e. The molecule has 0 aliphatic carbocycles. The topological polar surface area (TPSA) is 65.5 Å². The Bertz CT molecular complexity index is 512. The van der Waals surface area contributed by atoms with Crippen LogP contribution in [0.25, 0.3) is 0 Å². The molecule has 0 aromatic carbocycles. The smallest absolute Gasteiger partial charge is 0.236 e. The molecular weight excluding hydrogens is 300 g/mol. The Morgan fingerprint density at radius 3 is 2.45 bits per heavy atom. The van der Waals surface area contributed by atoms with Crippen LogP contribution in [0.1, 0.15) is 32.2 Å². The van der Waals surface area contributed by atoms with Crippen molar-refractivity contribution in [3.05, 3.63) is 16.6 Å². The van der Waals surface area contributed by atoms with Gasteiger partial charge in [-0.2, -0.15) is 0 Å². The lowest BCUT2D eigenvalue weighted by atomic mass is 10.00. The third kappa shape index (κ3) is 3.84. The molecule has 22 heavy (non-hydrogen) atoms. The van der Waals surface area contributed by atoms with Crippen LogP contribution in [0.3, 0.4) is 0 Å². The first kappa shape index (κ1) is 16.9. The Kier molecular flexibility index (Phi) is 5.52. The van der Waals surface area contributed by atoms with Crippen molar-refractivity contribution in [3.63, 3.8) is 0 Å². The molecule has 122 valence electrons. The maximum atomic E-state index is 12.3. The van der Waals surface area contributed by atoms with Crippen LogP contribution in [0.2, 0.25) is 0 Å². The number of carbonyl (C=O) groups is 2. The van der Waals surface area contributed by atoms with Crippen molar-refractivity contribution in [2.24, 2.45) is 0 Å². The van der Waals surface area contributed by atoms with Crippen molar-refractivity contribution < 1.29 is 9.59 Å². The summed E-state index contributed by atoms with van der Waals surface area (Å²) in [4.78, 5) is 31.6. The first-order chi connectivity index (χ1) is 10.5. The summed E-state index contributed by atoms with van der Waals surface area (Å²) in [5.74, 6) is 0.159. The van der Waals surface area contributed by atoms with Gasteiger partial charge in [0.1, 0.15) is 5.01 Å². The summed E-state index contributed by atoms with van der Waals surface area (Å²) in [5, 5.41) is 6.31. The number of hydrogen-bond acceptors (Lipinski definition) is 5. The number of hydrogen-bond donors (Lipinski definition) is 1. The molecule has 7 heteroatoms. The minimum Gasteiger partial charge on any atom is -0.339 e. The molecule has 2 amide bonds. The summed E-state index contributed by atoms with van der Waals surface area (Å²) in [6.45, 7) is 8.50. The third-order valence-electron chi connectivity index (χ3n) is 4.32. The highest BCUT2D eigenvalue weighted by Gasteiger charge is 2.29. The van der Waals surface area contributed by atoms with E-state index in [-0.39, 0.29) is 17.4 Å². The van der Waals surface area contributed by atoms with Gasteiger partial charge in [0.2, 0.25) is 11.8 Å². The second-order valence-electron chi connectivity index (χ2n) is 5.76. The van der Waals surface area contributed by atoms with Gasteiger partial charge in [-0.15, -0.1) is 11.3 Å². The third-order valence-corrected chi connectivity index (χ3v) is 5.36. The van der Waals surface area contributed by atoms with E-state index in [9.17, 15) is 9.59 Å². The Balaban J connectivity index is 1.86. The van der Waals surface area contributed by atoms with Crippen molar-refractivity contribution >= 4 is 23.2 Å². The highest BCUT2D eigenvalue weighted by Crippen LogP contribution is 2.25. The summed E-state index contributed by atoms with van der Waals surface area (Å²) in [6.07, 6.45) is 2.66. The summed E-state index contributed by atoms with van der Waals surface area (Å²) in [7, 11) is 0. The average Bonchev–Trinajstić information content (AvgIpc) is 3.07. The molecule has 0 bridgehead atoms. The second kappa shape index (κ2) is 7.19. The molecule has 0 spiro atoms. The van der Waals surface area contributed by atoms with E-state index >= 15 is 0 Å². The lowest BCUT2D eigenvalue weighted by Crippen LogP contribution is -2.53. The Labute approximate surface area is 135 Å². The van der Waals surface area contributed by atoms with Gasteiger partial charge < -0.3 is 9.80 Å². The SMILES string of the molecule is CC[C@@](C)(NCC(=O)N1CCN(C(C)=O)CC1)c1nccs1. The molecule has 0 radical (unpaired) electrons. The van der Waals surface area contributed by atoms with Crippen molar-refractivity contribution in [1.29, 1.82) is 0 Å². The predicted molar refractivity (Wildman–Crippen MR) is 86.6 cm³/mol. The molecule has 2 rings (SSSR count). The first-order valence-electron chi connectivity index (χ1n) is 7.64. The largest absolute Gasteiger partial charge is 0.339 e. The van der Waals surface area contributed by atoms with E-state index in [2.05, 4.69) is 24.1 Å². The van der Waals surface area contributed by atoms with E-state index in [1.54, 1.807) is 29.4 Å². The minimum atomic E-state index is -0.273. The summed E-state index contributed by atoms with van der Waals surface area (Å²) in [6, 6.07) is 0. The van der Waals surface area contributed by atoms with Crippen LogP contribution in [-0.2, 0) is 15.1 Å². The van der Waals surface area contributed by atoms with Crippen molar-refractivity contribution in [2.45, 2.75) is 32.7 Å². The molecule has 1 aliphatic rings. The van der Waals surface area contributed by atoms with E-state index in [0.717, 1.165) is 11.4 Å². The second-order valence-corrected chi connectivity index (χ2v) is 6.66. The summed E-state index contributed by atoms with van der Waals surface area (Å²) >= 11 is 1.60. The minimum absolute atomic E-state index is 0.0764. The quantitative estimate of drug-likeness (QED) is 0.879. The number of aromatic nitrogens is 1. The van der Waals surface area contributed by atoms with Crippen LogP contribution in [-0.4, -0.2) is 59.3 Å². The van der Waals surface area contributed by atoms with Gasteiger partial charge in [-0.3, -0.25) is 14.9 Å². The van der Waals surface area contributed by atoms with Gasteiger partial charge in [0.05, 0.1) is 12.1 Å². The standard InChI is InChI=1S/C15H24N4O2S/c1-4-15(3,14-16-5-10-22-14)17-11-13(21)19-8-6-18(7-9-19)12(2)20/h5,10,17H,4,6-9,11H2,1-3H3/t15-/m1/s1. The number of nitrogens with one attached hydrogen (secondary N) is 1. The lowest BCUT2D eigenvalue weighted by molar-refractivity contribution is -0.138. The average molecular weight is 324 g/mol. The fourth-order valence-corrected chi connectivity index (χ4v) is 3.35. The zero-order valence-electron chi connectivity index (χ0n) is 13.5. The van der Waals surface area contributed by atoms with Crippen molar-refractivity contribution in [1.82, 2.24) is 20.1 Å². The highest BCUT2D eigenvalue weighted by atomic mass is 32.1. The Morgan fingerprint density at radius 2 is 1.95 bits per heavy atom. The first-order valence-corrected chi connectivity index (χ1v) is 8.52. The van der Waals surface area contributed by atoms with Crippen molar-refractivity contribution in [3.8, 4) is 0 Å². The van der Waals surface area contributed by atoms with Crippen molar-refractivity contribution in [2.75, 3.05) is 32.7 Å². The molecule has 1 aromatic heterocycles. The fraction of sp³-hybridized carbons (Fsp3) is 0.667. The van der Waals surface area contributed by atoms with E-state index < -0.39 is 0 Å². The molecular formula is C15H24N4O2S. The van der Waals surface area contributed by atoms with E-state index in [1.807, 2.05) is 10.3 Å². The molecule has 1 saturated heterocycles. The lowest BCUT2D eigenvalue weighted by Gasteiger charge is -2.35. The number of amides is 2. The number of nitrogens with zero attached hydrogens (tertiary/aromatic N) is 3. The van der Waals surface area contributed by atoms with E-state index in [1.165, 1.54) is 0 Å². The van der Waals surface area contributed by atoms with Crippen LogP contribution < -0.4 is 5.32 Å². The maximum absolute atomic E-state index is 12.3. The molecule has 1 N–H and O–H groups in total. The van der Waals surface area contributed by atoms with Crippen LogP contribution in [0.5, 0.6) is 0 Å². The summed E-state index contributed by atoms with van der Waals surface area (Å²) in [5.41, 5.74) is -0.273. The predicted octanol–water partition coefficient (Wildman–Crippen LogP) is 1.05. The van der Waals surface area contributed by atoms with Gasteiger partial charge in [0, 0.05) is 44.7 Å². The Morgan fingerprint density at radius 1 is 1.32 bits per heavy atom. The van der Waals surface area contributed by atoms with Crippen LogP contribution >= 0.6 is 11.3 Å². The number of thiazole rings is 1. The number of carbonyl (C=O) groups excluding carboxylic acids is 2. The number of piperazine rings is 1. The molecule has 1 aliphatic heterocycles. The van der Waals surface area contributed by atoms with Gasteiger partial charge in [0.15, 0.2) is 0 Å². The van der Waals surface area contributed by atoms with Crippen LogP contribution in [0, 0.1) is 0 Å². The molecule has 6 nitrogen and oxygen atoms in total. The van der Waals surface area contributed by atoms with Gasteiger partial charge >= 0.3 is 0 Å². The zero-order chi connectivity index (χ0) is 16.2. The van der Waals surface area contributed by atoms with Crippen LogP contribution in [0.15, 0.2) is 11.6 Å². The molecule has 1 atom stereocenters. The van der Waals surface area contributed by atoms with Gasteiger partial charge in [-0.1, -0.05) is 6.92 Å². The monoisotopic (exact) mass is 324 g/mol. The fourth-order valence-electron chi connectivity index (χ4n) is 2.50. The number of rotatable bonds is 5. The highest BCUT2D eigenvalue weighted by molar-refractivity contribution is 7.09.